The van der Waals surface area contributed by atoms with Gasteiger partial charge in [0.25, 0.3) is 0 Å². The third-order valence-electron chi connectivity index (χ3n) is 3.85. The van der Waals surface area contributed by atoms with E-state index in [2.05, 4.69) is 20.8 Å². The molecule has 2 rings (SSSR count). The number of halogens is 3. The Kier molecular flexibility index (Phi) is 5.08. The molecule has 0 aliphatic carbocycles. The molecule has 1 fully saturated rings. The van der Waals surface area contributed by atoms with Gasteiger partial charge in [0.2, 0.25) is 0 Å². The Balaban J connectivity index is 2.29. The maximum Gasteiger partial charge on any atom is 0.148 e. The van der Waals surface area contributed by atoms with Gasteiger partial charge in [-0.2, -0.15) is 0 Å². The van der Waals surface area contributed by atoms with Gasteiger partial charge in [-0.15, -0.1) is 0 Å². The molecular formula is C14H18BrClFNO2. The van der Waals surface area contributed by atoms with E-state index in [1.54, 1.807) is 12.1 Å². The summed E-state index contributed by atoms with van der Waals surface area (Å²) < 4.78 is 20.0. The molecule has 20 heavy (non-hydrogen) atoms. The molecule has 1 saturated heterocycles. The van der Waals surface area contributed by atoms with Crippen LogP contribution in [0.3, 0.4) is 0 Å². The predicted octanol–water partition coefficient (Wildman–Crippen LogP) is 3.39. The minimum Gasteiger partial charge on any atom is -0.386 e. The summed E-state index contributed by atoms with van der Waals surface area (Å²) in [5.74, 6) is -0.574. The lowest BCUT2D eigenvalue weighted by atomic mass is 9.89. The molecule has 1 aromatic carbocycles. The van der Waals surface area contributed by atoms with Gasteiger partial charge < -0.3 is 9.84 Å². The van der Waals surface area contributed by atoms with Crippen LogP contribution in [0.1, 0.15) is 25.5 Å². The molecule has 1 unspecified atom stereocenters. The van der Waals surface area contributed by atoms with Crippen LogP contribution in [0.25, 0.3) is 0 Å². The van der Waals surface area contributed by atoms with Crippen LogP contribution in [0.5, 0.6) is 0 Å². The molecule has 0 bridgehead atoms. The Hall–Kier alpha value is -0.200. The first-order chi connectivity index (χ1) is 9.35. The Morgan fingerprint density at radius 2 is 2.00 bits per heavy atom. The molecule has 112 valence electrons. The second-order valence-corrected chi connectivity index (χ2v) is 6.65. The van der Waals surface area contributed by atoms with Crippen molar-refractivity contribution in [2.24, 2.45) is 0 Å². The maximum absolute atomic E-state index is 14.2. The number of ether oxygens (including phenoxy) is 1. The maximum atomic E-state index is 14.2. The smallest absolute Gasteiger partial charge is 0.148 e. The van der Waals surface area contributed by atoms with Crippen LogP contribution in [0.2, 0.25) is 5.02 Å². The SMILES string of the molecule is CC(C)(C(O)c1ccc(Br)c(Cl)c1F)N1CCOCC1. The summed E-state index contributed by atoms with van der Waals surface area (Å²) in [6.45, 7) is 6.49. The molecule has 3 nitrogen and oxygen atoms in total. The van der Waals surface area contributed by atoms with E-state index in [0.29, 0.717) is 17.7 Å². The van der Waals surface area contributed by atoms with E-state index >= 15 is 0 Å². The molecule has 1 heterocycles. The molecule has 1 atom stereocenters. The van der Waals surface area contributed by atoms with Crippen molar-refractivity contribution < 1.29 is 14.2 Å². The second kappa shape index (κ2) is 6.28. The fourth-order valence-corrected chi connectivity index (χ4v) is 2.92. The summed E-state index contributed by atoms with van der Waals surface area (Å²) in [4.78, 5) is 2.11. The fourth-order valence-electron chi connectivity index (χ4n) is 2.45. The lowest BCUT2D eigenvalue weighted by molar-refractivity contribution is -0.0639. The van der Waals surface area contributed by atoms with Gasteiger partial charge in [-0.1, -0.05) is 17.7 Å². The lowest BCUT2D eigenvalue weighted by Gasteiger charge is -2.43. The third kappa shape index (κ3) is 3.02. The number of aliphatic hydroxyl groups is 1. The monoisotopic (exact) mass is 365 g/mol. The van der Waals surface area contributed by atoms with Gasteiger partial charge in [0.1, 0.15) is 5.82 Å². The highest BCUT2D eigenvalue weighted by Gasteiger charge is 2.37. The Morgan fingerprint density at radius 1 is 1.40 bits per heavy atom. The average Bonchev–Trinajstić information content (AvgIpc) is 2.45. The summed E-state index contributed by atoms with van der Waals surface area (Å²) in [5.41, 5.74) is -0.378. The van der Waals surface area contributed by atoms with Crippen molar-refractivity contribution in [3.8, 4) is 0 Å². The molecule has 1 aromatic rings. The molecule has 6 heteroatoms. The topological polar surface area (TPSA) is 32.7 Å². The minimum absolute atomic E-state index is 0.000623. The average molecular weight is 367 g/mol. The number of rotatable bonds is 3. The Bertz CT molecular complexity index is 492. The van der Waals surface area contributed by atoms with E-state index in [1.807, 2.05) is 13.8 Å². The van der Waals surface area contributed by atoms with Crippen LogP contribution in [0.15, 0.2) is 16.6 Å². The van der Waals surface area contributed by atoms with E-state index in [-0.39, 0.29) is 10.6 Å². The standard InChI is InChI=1S/C14H18BrClFNO2/c1-14(2,18-5-7-20-8-6-18)13(19)9-3-4-10(15)11(16)12(9)17/h3-4,13,19H,5-8H2,1-2H3. The van der Waals surface area contributed by atoms with Gasteiger partial charge >= 0.3 is 0 Å². The number of aliphatic hydroxyl groups excluding tert-OH is 1. The summed E-state index contributed by atoms with van der Waals surface area (Å²) >= 11 is 9.07. The highest BCUT2D eigenvalue weighted by molar-refractivity contribution is 9.10. The molecule has 1 aliphatic heterocycles. The van der Waals surface area contributed by atoms with Crippen LogP contribution in [-0.2, 0) is 4.74 Å². The molecule has 1 aliphatic rings. The van der Waals surface area contributed by atoms with Crippen LogP contribution in [-0.4, -0.2) is 41.8 Å². The number of hydrogen-bond donors (Lipinski definition) is 1. The number of nitrogens with zero attached hydrogens (tertiary/aromatic N) is 1. The summed E-state index contributed by atoms with van der Waals surface area (Å²) in [6.07, 6.45) is -0.966. The first kappa shape index (κ1) is 16.2. The molecule has 0 radical (unpaired) electrons. The van der Waals surface area contributed by atoms with Crippen molar-refractivity contribution in [3.05, 3.63) is 33.0 Å². The second-order valence-electron chi connectivity index (χ2n) is 5.42. The third-order valence-corrected chi connectivity index (χ3v) is 5.11. The number of morpholine rings is 1. The number of benzene rings is 1. The quantitative estimate of drug-likeness (QED) is 0.832. The molecule has 0 amide bonds. The van der Waals surface area contributed by atoms with Crippen molar-refractivity contribution in [2.45, 2.75) is 25.5 Å². The van der Waals surface area contributed by atoms with E-state index in [1.165, 1.54) is 0 Å². The first-order valence-electron chi connectivity index (χ1n) is 6.50. The molecule has 0 spiro atoms. The van der Waals surface area contributed by atoms with E-state index < -0.39 is 17.5 Å². The lowest BCUT2D eigenvalue weighted by Crippen LogP contribution is -2.53. The van der Waals surface area contributed by atoms with E-state index in [4.69, 9.17) is 16.3 Å². The minimum atomic E-state index is -0.966. The van der Waals surface area contributed by atoms with E-state index in [9.17, 15) is 9.50 Å². The summed E-state index contributed by atoms with van der Waals surface area (Å²) in [5, 5.41) is 10.6. The van der Waals surface area contributed by atoms with Crippen molar-refractivity contribution in [1.29, 1.82) is 0 Å². The summed E-state index contributed by atoms with van der Waals surface area (Å²) in [7, 11) is 0. The van der Waals surface area contributed by atoms with Gasteiger partial charge in [0, 0.05) is 28.7 Å². The first-order valence-corrected chi connectivity index (χ1v) is 7.67. The van der Waals surface area contributed by atoms with Gasteiger partial charge in [-0.3, -0.25) is 4.90 Å². The highest BCUT2D eigenvalue weighted by atomic mass is 79.9. The molecule has 0 saturated carbocycles. The van der Waals surface area contributed by atoms with Crippen molar-refractivity contribution in [2.75, 3.05) is 26.3 Å². The Morgan fingerprint density at radius 3 is 2.60 bits per heavy atom. The van der Waals surface area contributed by atoms with Crippen LogP contribution >= 0.6 is 27.5 Å². The van der Waals surface area contributed by atoms with Crippen LogP contribution in [0.4, 0.5) is 4.39 Å². The van der Waals surface area contributed by atoms with Crippen molar-refractivity contribution >= 4 is 27.5 Å². The molecular weight excluding hydrogens is 349 g/mol. The Labute approximate surface area is 131 Å². The highest BCUT2D eigenvalue weighted by Crippen LogP contribution is 2.37. The van der Waals surface area contributed by atoms with Crippen LogP contribution in [0, 0.1) is 5.82 Å². The van der Waals surface area contributed by atoms with E-state index in [0.717, 1.165) is 13.1 Å². The largest absolute Gasteiger partial charge is 0.386 e. The summed E-state index contributed by atoms with van der Waals surface area (Å²) in [6, 6.07) is 3.22. The fraction of sp³-hybridized carbons (Fsp3) is 0.571. The normalized spacial score (nSPS) is 19.1. The van der Waals surface area contributed by atoms with Crippen LogP contribution < -0.4 is 0 Å². The predicted molar refractivity (Wildman–Crippen MR) is 80.5 cm³/mol. The van der Waals surface area contributed by atoms with Gasteiger partial charge in [0.15, 0.2) is 0 Å². The zero-order chi connectivity index (χ0) is 14.9. The molecule has 1 N–H and O–H groups in total. The molecule has 0 aromatic heterocycles. The van der Waals surface area contributed by atoms with Gasteiger partial charge in [-0.25, -0.2) is 4.39 Å². The zero-order valence-electron chi connectivity index (χ0n) is 11.5. The van der Waals surface area contributed by atoms with Crippen molar-refractivity contribution in [1.82, 2.24) is 4.90 Å². The van der Waals surface area contributed by atoms with Gasteiger partial charge in [-0.05, 0) is 35.8 Å². The van der Waals surface area contributed by atoms with Crippen molar-refractivity contribution in [3.63, 3.8) is 0 Å². The number of hydrogen-bond acceptors (Lipinski definition) is 3. The zero-order valence-corrected chi connectivity index (χ0v) is 13.8. The van der Waals surface area contributed by atoms with Gasteiger partial charge in [0.05, 0.1) is 24.3 Å².